The van der Waals surface area contributed by atoms with Crippen molar-refractivity contribution in [1.82, 2.24) is 4.98 Å². The highest BCUT2D eigenvalue weighted by molar-refractivity contribution is 5.72. The van der Waals surface area contributed by atoms with Crippen LogP contribution in [0.25, 0.3) is 0 Å². The van der Waals surface area contributed by atoms with Crippen molar-refractivity contribution in [3.05, 3.63) is 17.5 Å². The van der Waals surface area contributed by atoms with Crippen LogP contribution in [0.5, 0.6) is 11.5 Å². The summed E-state index contributed by atoms with van der Waals surface area (Å²) >= 11 is 0. The number of carbonyl (C=O) groups excluding carboxylic acids is 1. The van der Waals surface area contributed by atoms with E-state index in [-0.39, 0.29) is 30.2 Å². The van der Waals surface area contributed by atoms with Crippen molar-refractivity contribution in [1.29, 1.82) is 0 Å². The summed E-state index contributed by atoms with van der Waals surface area (Å²) in [5.74, 6) is -1.25. The maximum absolute atomic E-state index is 12.3. The number of carbonyl (C=O) groups is 1. The van der Waals surface area contributed by atoms with E-state index in [2.05, 4.69) is 9.72 Å². The van der Waals surface area contributed by atoms with E-state index in [9.17, 15) is 18.0 Å². The lowest BCUT2D eigenvalue weighted by Crippen LogP contribution is -2.18. The Bertz CT molecular complexity index is 488. The fraction of sp³-hybridized carbons (Fsp3) is 0.500. The van der Waals surface area contributed by atoms with E-state index in [4.69, 9.17) is 9.47 Å². The highest BCUT2D eigenvalue weighted by atomic mass is 19.4. The van der Waals surface area contributed by atoms with Gasteiger partial charge in [0, 0.05) is 6.07 Å². The minimum atomic E-state index is -4.86. The SMILES string of the molecule is CCOC(=O)Cc1cc(OC(F)(F)F)c(OC)c(C)n1. The third-order valence-corrected chi connectivity index (χ3v) is 2.22. The second-order valence-electron chi connectivity index (χ2n) is 3.76. The Morgan fingerprint density at radius 2 is 2.05 bits per heavy atom. The van der Waals surface area contributed by atoms with Crippen molar-refractivity contribution < 1.29 is 32.2 Å². The summed E-state index contributed by atoms with van der Waals surface area (Å²) in [6, 6.07) is 1.01. The molecule has 0 unspecified atom stereocenters. The largest absolute Gasteiger partial charge is 0.573 e. The molecule has 0 aliphatic heterocycles. The molecule has 0 amide bonds. The molecule has 0 aliphatic rings. The Morgan fingerprint density at radius 1 is 1.40 bits per heavy atom. The highest BCUT2D eigenvalue weighted by Gasteiger charge is 2.33. The van der Waals surface area contributed by atoms with Crippen molar-refractivity contribution >= 4 is 5.97 Å². The second kappa shape index (κ2) is 6.44. The molecule has 0 radical (unpaired) electrons. The van der Waals surface area contributed by atoms with Crippen LogP contribution in [0.2, 0.25) is 0 Å². The molecule has 1 rings (SSSR count). The van der Waals surface area contributed by atoms with Crippen molar-refractivity contribution in [2.45, 2.75) is 26.6 Å². The first kappa shape index (κ1) is 16.1. The first-order valence-corrected chi connectivity index (χ1v) is 5.72. The highest BCUT2D eigenvalue weighted by Crippen LogP contribution is 2.34. The third kappa shape index (κ3) is 4.60. The Morgan fingerprint density at radius 3 is 2.55 bits per heavy atom. The Hall–Kier alpha value is -1.99. The zero-order valence-corrected chi connectivity index (χ0v) is 11.2. The van der Waals surface area contributed by atoms with Crippen LogP contribution in [0.3, 0.4) is 0 Å². The van der Waals surface area contributed by atoms with Crippen molar-refractivity contribution in [2.24, 2.45) is 0 Å². The van der Waals surface area contributed by atoms with Crippen LogP contribution in [0, 0.1) is 6.92 Å². The summed E-state index contributed by atoms with van der Waals surface area (Å²) in [5, 5.41) is 0. The number of aromatic nitrogens is 1. The lowest BCUT2D eigenvalue weighted by Gasteiger charge is -2.15. The lowest BCUT2D eigenvalue weighted by atomic mass is 10.2. The molecule has 1 aromatic heterocycles. The van der Waals surface area contributed by atoms with Gasteiger partial charge in [-0.3, -0.25) is 9.78 Å². The number of halogens is 3. The number of methoxy groups -OCH3 is 1. The average Bonchev–Trinajstić information content (AvgIpc) is 2.26. The Kier molecular flexibility index (Phi) is 5.18. The molecule has 0 saturated heterocycles. The molecular weight excluding hydrogens is 279 g/mol. The second-order valence-corrected chi connectivity index (χ2v) is 3.76. The van der Waals surface area contributed by atoms with E-state index in [1.165, 1.54) is 14.0 Å². The van der Waals surface area contributed by atoms with Crippen molar-refractivity contribution in [3.63, 3.8) is 0 Å². The minimum Gasteiger partial charge on any atom is -0.491 e. The minimum absolute atomic E-state index is 0.112. The molecule has 5 nitrogen and oxygen atoms in total. The van der Waals surface area contributed by atoms with Gasteiger partial charge in [0.05, 0.1) is 31.5 Å². The average molecular weight is 293 g/mol. The number of esters is 1. The van der Waals surface area contributed by atoms with Crippen LogP contribution in [0.15, 0.2) is 6.07 Å². The number of alkyl halides is 3. The summed E-state index contributed by atoms with van der Waals surface area (Å²) in [7, 11) is 1.21. The monoisotopic (exact) mass is 293 g/mol. The number of hydrogen-bond acceptors (Lipinski definition) is 5. The van der Waals surface area contributed by atoms with Gasteiger partial charge < -0.3 is 14.2 Å². The van der Waals surface area contributed by atoms with Gasteiger partial charge >= 0.3 is 12.3 Å². The van der Waals surface area contributed by atoms with Gasteiger partial charge in [0.1, 0.15) is 0 Å². The Labute approximate surface area is 113 Å². The first-order chi connectivity index (χ1) is 9.26. The number of ether oxygens (including phenoxy) is 3. The molecule has 112 valence electrons. The Balaban J connectivity index is 3.07. The van der Waals surface area contributed by atoms with E-state index in [0.717, 1.165) is 6.07 Å². The molecule has 0 atom stereocenters. The zero-order chi connectivity index (χ0) is 15.3. The van der Waals surface area contributed by atoms with Gasteiger partial charge in [0.15, 0.2) is 11.5 Å². The maximum atomic E-state index is 12.3. The molecule has 0 aliphatic carbocycles. The summed E-state index contributed by atoms with van der Waals surface area (Å²) in [6.45, 7) is 3.26. The number of aryl methyl sites for hydroxylation is 1. The third-order valence-electron chi connectivity index (χ3n) is 2.22. The van der Waals surface area contributed by atoms with E-state index < -0.39 is 18.1 Å². The van der Waals surface area contributed by atoms with Crippen LogP contribution >= 0.6 is 0 Å². The first-order valence-electron chi connectivity index (χ1n) is 5.72. The van der Waals surface area contributed by atoms with Crippen LogP contribution in [0.4, 0.5) is 13.2 Å². The fourth-order valence-corrected chi connectivity index (χ4v) is 1.59. The molecule has 1 aromatic rings. The molecule has 1 heterocycles. The van der Waals surface area contributed by atoms with Gasteiger partial charge in [-0.15, -0.1) is 13.2 Å². The molecule has 20 heavy (non-hydrogen) atoms. The maximum Gasteiger partial charge on any atom is 0.573 e. The van der Waals surface area contributed by atoms with Gasteiger partial charge in [-0.1, -0.05) is 0 Å². The molecular formula is C12H14F3NO4. The van der Waals surface area contributed by atoms with E-state index in [1.807, 2.05) is 0 Å². The van der Waals surface area contributed by atoms with Crippen LogP contribution in [-0.2, 0) is 16.0 Å². The molecule has 0 fully saturated rings. The molecule has 0 bridgehead atoms. The quantitative estimate of drug-likeness (QED) is 0.780. The molecule has 0 aromatic carbocycles. The number of nitrogens with zero attached hydrogens (tertiary/aromatic N) is 1. The van der Waals surface area contributed by atoms with Crippen molar-refractivity contribution in [2.75, 3.05) is 13.7 Å². The van der Waals surface area contributed by atoms with Crippen LogP contribution in [-0.4, -0.2) is 31.0 Å². The predicted octanol–water partition coefficient (Wildman–Crippen LogP) is 2.40. The summed E-state index contributed by atoms with van der Waals surface area (Å²) in [6.07, 6.45) is -5.10. The number of hydrogen-bond donors (Lipinski definition) is 0. The normalized spacial score (nSPS) is 11.1. The predicted molar refractivity (Wildman–Crippen MR) is 62.5 cm³/mol. The smallest absolute Gasteiger partial charge is 0.491 e. The summed E-state index contributed by atoms with van der Waals surface area (Å²) in [4.78, 5) is 15.3. The van der Waals surface area contributed by atoms with Crippen molar-refractivity contribution in [3.8, 4) is 11.5 Å². The molecule has 0 spiro atoms. The van der Waals surface area contributed by atoms with Gasteiger partial charge in [0.2, 0.25) is 0 Å². The van der Waals surface area contributed by atoms with Gasteiger partial charge in [-0.25, -0.2) is 0 Å². The van der Waals surface area contributed by atoms with Gasteiger partial charge in [0.25, 0.3) is 0 Å². The topological polar surface area (TPSA) is 57.7 Å². The molecule has 8 heteroatoms. The standard InChI is InChI=1S/C12H14F3NO4/c1-4-19-10(17)6-8-5-9(20-12(13,14)15)11(18-3)7(2)16-8/h5H,4,6H2,1-3H3. The van der Waals surface area contributed by atoms with Crippen LogP contribution in [0.1, 0.15) is 18.3 Å². The zero-order valence-electron chi connectivity index (χ0n) is 11.2. The van der Waals surface area contributed by atoms with E-state index in [1.54, 1.807) is 6.92 Å². The fourth-order valence-electron chi connectivity index (χ4n) is 1.59. The van der Waals surface area contributed by atoms with Gasteiger partial charge in [-0.2, -0.15) is 0 Å². The van der Waals surface area contributed by atoms with E-state index in [0.29, 0.717) is 0 Å². The van der Waals surface area contributed by atoms with E-state index >= 15 is 0 Å². The number of pyridine rings is 1. The molecule has 0 saturated carbocycles. The van der Waals surface area contributed by atoms with Gasteiger partial charge in [-0.05, 0) is 13.8 Å². The lowest BCUT2D eigenvalue weighted by molar-refractivity contribution is -0.275. The van der Waals surface area contributed by atoms with Crippen LogP contribution < -0.4 is 9.47 Å². The molecule has 0 N–H and O–H groups in total. The summed E-state index contributed by atoms with van der Waals surface area (Å²) < 4.78 is 50.3. The summed E-state index contributed by atoms with van der Waals surface area (Å²) in [5.41, 5.74) is 0.301. The number of rotatable bonds is 5.